The molecule has 0 atom stereocenters. The van der Waals surface area contributed by atoms with E-state index in [0.29, 0.717) is 0 Å². The summed E-state index contributed by atoms with van der Waals surface area (Å²) in [4.78, 5) is 0. The van der Waals surface area contributed by atoms with Gasteiger partial charge in [-0.1, -0.05) is 66.2 Å². The summed E-state index contributed by atoms with van der Waals surface area (Å²) in [5, 5.41) is 0. The van der Waals surface area contributed by atoms with Gasteiger partial charge in [0.2, 0.25) is 0 Å². The van der Waals surface area contributed by atoms with Crippen molar-refractivity contribution in [2.75, 3.05) is 0 Å². The molecule has 0 spiro atoms. The van der Waals surface area contributed by atoms with Crippen LogP contribution in [0.25, 0.3) is 0 Å². The quantitative estimate of drug-likeness (QED) is 0.369. The van der Waals surface area contributed by atoms with Gasteiger partial charge in [-0.25, -0.2) is 18.9 Å². The van der Waals surface area contributed by atoms with Crippen LogP contribution in [-0.4, -0.2) is 0 Å². The van der Waals surface area contributed by atoms with Gasteiger partial charge in [0.05, 0.1) is 0 Å². The van der Waals surface area contributed by atoms with E-state index in [2.05, 4.69) is 64.1 Å². The van der Waals surface area contributed by atoms with Gasteiger partial charge < -0.3 is 29.3 Å². The molecule has 0 fully saturated rings. The second-order valence-corrected chi connectivity index (χ2v) is 6.26. The third-order valence-electron chi connectivity index (χ3n) is 3.92. The fourth-order valence-corrected chi connectivity index (χ4v) is 2.87. The Morgan fingerprint density at radius 3 is 1.87 bits per heavy atom. The van der Waals surface area contributed by atoms with Crippen LogP contribution in [0.2, 0.25) is 0 Å². The van der Waals surface area contributed by atoms with E-state index in [-0.39, 0.29) is 17.1 Å². The number of rotatable bonds is 8. The largest absolute Gasteiger partial charge is 0.745 e. The van der Waals surface area contributed by atoms with Crippen LogP contribution >= 0.6 is 0 Å². The summed E-state index contributed by atoms with van der Waals surface area (Å²) in [7, 11) is 0. The second kappa shape index (κ2) is 13.6. The van der Waals surface area contributed by atoms with Crippen molar-refractivity contribution in [3.05, 3.63) is 58.7 Å². The minimum Gasteiger partial charge on any atom is -0.745 e. The molecule has 0 heterocycles. The Bertz CT molecular complexity index is 402. The van der Waals surface area contributed by atoms with Crippen LogP contribution in [0, 0.1) is 0 Å². The normalized spacial score (nSPS) is 9.91. The summed E-state index contributed by atoms with van der Waals surface area (Å²) in [6.07, 6.45) is 10.00. The molecule has 2 rings (SSSR count). The molecule has 0 aliphatic heterocycles. The summed E-state index contributed by atoms with van der Waals surface area (Å²) in [6, 6.07) is 13.7. The van der Waals surface area contributed by atoms with Crippen LogP contribution < -0.4 is 0 Å². The zero-order chi connectivity index (χ0) is 16.2. The first-order valence-corrected chi connectivity index (χ1v) is 9.22. The van der Waals surface area contributed by atoms with Crippen LogP contribution in [-0.2, 0) is 42.8 Å². The average Bonchev–Trinajstić information content (AvgIpc) is 3.12. The van der Waals surface area contributed by atoms with Crippen molar-refractivity contribution in [2.45, 2.75) is 79.1 Å². The van der Waals surface area contributed by atoms with E-state index >= 15 is 0 Å². The fourth-order valence-electron chi connectivity index (χ4n) is 2.87. The van der Waals surface area contributed by atoms with E-state index in [1.807, 2.05) is 0 Å². The Morgan fingerprint density at radius 2 is 1.39 bits per heavy atom. The first kappa shape index (κ1) is 22.2. The van der Waals surface area contributed by atoms with Crippen molar-refractivity contribution in [1.29, 1.82) is 0 Å². The molecule has 0 aromatic heterocycles. The molecule has 0 saturated heterocycles. The van der Waals surface area contributed by atoms with Gasteiger partial charge in [-0.3, -0.25) is 0 Å². The van der Waals surface area contributed by atoms with Crippen molar-refractivity contribution in [1.82, 2.24) is 0 Å². The minimum absolute atomic E-state index is 0. The van der Waals surface area contributed by atoms with E-state index in [0.717, 1.165) is 0 Å². The molecule has 0 N–H and O–H groups in total. The third-order valence-corrected chi connectivity index (χ3v) is 3.92. The predicted molar refractivity (Wildman–Crippen MR) is 100 cm³/mol. The topological polar surface area (TPSA) is 0 Å². The van der Waals surface area contributed by atoms with Gasteiger partial charge in [0.1, 0.15) is 0 Å². The molecule has 23 heavy (non-hydrogen) atoms. The zero-order valence-electron chi connectivity index (χ0n) is 15.5. The first-order valence-electron chi connectivity index (χ1n) is 9.22. The smallest absolute Gasteiger partial charge is 0 e. The Balaban J connectivity index is 0.000000403. The maximum atomic E-state index is 2.34. The van der Waals surface area contributed by atoms with Gasteiger partial charge in [-0.2, -0.15) is 23.3 Å². The summed E-state index contributed by atoms with van der Waals surface area (Å²) in [5.41, 5.74) is 6.04. The molecule has 0 aliphatic carbocycles. The number of hydrogen-bond acceptors (Lipinski definition) is 0. The standard InChI is InChI=1S/2C11H17.Fe/c2*1-3-5-10-7-8-11(9-10)6-4-2;/h2*7-9H,3-6H2,1-2H3;/q-5;-1;. The predicted octanol–water partition coefficient (Wildman–Crippen LogP) is 6.62. The first-order chi connectivity index (χ1) is 10.7. The number of aryl methyl sites for hydroxylation is 4. The average molecular weight is 354 g/mol. The van der Waals surface area contributed by atoms with Gasteiger partial charge >= 0.3 is 0 Å². The monoisotopic (exact) mass is 354 g/mol. The van der Waals surface area contributed by atoms with E-state index in [1.54, 1.807) is 0 Å². The molecule has 0 amide bonds. The van der Waals surface area contributed by atoms with Crippen molar-refractivity contribution >= 4 is 0 Å². The Morgan fingerprint density at radius 1 is 0.826 bits per heavy atom. The van der Waals surface area contributed by atoms with Crippen LogP contribution in [0.3, 0.4) is 0 Å². The molecule has 2 aromatic carbocycles. The molecule has 0 bridgehead atoms. The number of hydrogen-bond donors (Lipinski definition) is 0. The van der Waals surface area contributed by atoms with Crippen molar-refractivity contribution in [3.63, 3.8) is 0 Å². The van der Waals surface area contributed by atoms with Gasteiger partial charge in [0.25, 0.3) is 0 Å². The molecule has 0 aliphatic rings. The minimum atomic E-state index is 0. The third kappa shape index (κ3) is 9.18. The zero-order valence-corrected chi connectivity index (χ0v) is 16.6. The van der Waals surface area contributed by atoms with Crippen molar-refractivity contribution < 1.29 is 17.1 Å². The molecule has 0 unspecified atom stereocenters. The molecule has 0 nitrogen and oxygen atoms in total. The van der Waals surface area contributed by atoms with E-state index in [4.69, 9.17) is 0 Å². The van der Waals surface area contributed by atoms with E-state index in [1.165, 1.54) is 73.6 Å². The second-order valence-electron chi connectivity index (χ2n) is 6.26. The van der Waals surface area contributed by atoms with Crippen LogP contribution in [0.15, 0.2) is 36.4 Å². The molecule has 0 saturated carbocycles. The maximum absolute atomic E-state index is 2.34. The SMILES string of the molecule is CCC[c-]1[cH-][cH-][c-](CCC)[cH-]1.CCCc1cc[c-](CCC)c1.[Fe]. The van der Waals surface area contributed by atoms with Crippen LogP contribution in [0.4, 0.5) is 0 Å². The van der Waals surface area contributed by atoms with E-state index < -0.39 is 0 Å². The summed E-state index contributed by atoms with van der Waals surface area (Å²) in [6.45, 7) is 8.91. The van der Waals surface area contributed by atoms with Crippen molar-refractivity contribution in [2.24, 2.45) is 0 Å². The Hall–Kier alpha value is -0.781. The summed E-state index contributed by atoms with van der Waals surface area (Å²) in [5.74, 6) is 0. The molecular formula is C22H34Fe-6. The van der Waals surface area contributed by atoms with E-state index in [9.17, 15) is 0 Å². The Kier molecular flexibility index (Phi) is 13.2. The fraction of sp³-hybridized carbons (Fsp3) is 0.545. The summed E-state index contributed by atoms with van der Waals surface area (Å²) >= 11 is 0. The van der Waals surface area contributed by atoms with Gasteiger partial charge in [0, 0.05) is 17.1 Å². The maximum Gasteiger partial charge on any atom is 0 e. The summed E-state index contributed by atoms with van der Waals surface area (Å²) < 4.78 is 0. The molecule has 136 valence electrons. The van der Waals surface area contributed by atoms with Gasteiger partial charge in [0.15, 0.2) is 0 Å². The molecular weight excluding hydrogens is 320 g/mol. The Labute approximate surface area is 154 Å². The van der Waals surface area contributed by atoms with Gasteiger partial charge in [-0.15, -0.1) is 0 Å². The van der Waals surface area contributed by atoms with Gasteiger partial charge in [-0.05, 0) is 0 Å². The van der Waals surface area contributed by atoms with Crippen LogP contribution in [0.5, 0.6) is 0 Å². The molecule has 2 aromatic rings. The van der Waals surface area contributed by atoms with Crippen LogP contribution in [0.1, 0.15) is 75.6 Å². The molecule has 0 radical (unpaired) electrons. The molecule has 1 heteroatoms. The van der Waals surface area contributed by atoms with Crippen molar-refractivity contribution in [3.8, 4) is 0 Å².